The quantitative estimate of drug-likeness (QED) is 0.626. The number of rotatable bonds is 1. The van der Waals surface area contributed by atoms with Gasteiger partial charge in [-0.1, -0.05) is 0 Å². The van der Waals surface area contributed by atoms with Crippen LogP contribution in [0.25, 0.3) is 0 Å². The van der Waals surface area contributed by atoms with E-state index in [4.69, 9.17) is 0 Å². The molecule has 0 spiro atoms. The van der Waals surface area contributed by atoms with Gasteiger partial charge in [0.05, 0.1) is 0 Å². The van der Waals surface area contributed by atoms with Gasteiger partial charge in [-0.3, -0.25) is 0 Å². The van der Waals surface area contributed by atoms with E-state index >= 15 is 0 Å². The van der Waals surface area contributed by atoms with E-state index in [0.29, 0.717) is 0 Å². The summed E-state index contributed by atoms with van der Waals surface area (Å²) in [7, 11) is 0. The fourth-order valence-corrected chi connectivity index (χ4v) is 0. The van der Waals surface area contributed by atoms with E-state index in [9.17, 15) is 0 Å². The molecular formula is C4H9Hg. The fraction of sp³-hybridized carbons (Fsp3) is 1.00. The minimum absolute atomic E-state index is 0.971. The van der Waals surface area contributed by atoms with Crippen molar-refractivity contribution in [3.63, 3.8) is 0 Å². The molecule has 0 saturated carbocycles. The summed E-state index contributed by atoms with van der Waals surface area (Å²) < 4.78 is 1.50. The predicted molar refractivity (Wildman–Crippen MR) is 19.6 cm³/mol. The molecule has 0 saturated heterocycles. The zero-order chi connectivity index (χ0) is 4.28. The maximum absolute atomic E-state index is 2.27. The second kappa shape index (κ2) is 3.14. The first kappa shape index (κ1) is 5.94. The summed E-state index contributed by atoms with van der Waals surface area (Å²) in [4.78, 5) is 0. The summed E-state index contributed by atoms with van der Waals surface area (Å²) in [6.07, 6.45) is 0. The molecule has 0 bridgehead atoms. The van der Waals surface area contributed by atoms with Crippen LogP contribution in [0.4, 0.5) is 0 Å². The van der Waals surface area contributed by atoms with E-state index in [1.165, 1.54) is 3.93 Å². The molecule has 0 aromatic carbocycles. The Bertz CT molecular complexity index is 17.6. The van der Waals surface area contributed by atoms with Crippen LogP contribution in [-0.4, -0.2) is 0 Å². The van der Waals surface area contributed by atoms with Crippen molar-refractivity contribution in [2.75, 3.05) is 0 Å². The van der Waals surface area contributed by atoms with Crippen molar-refractivity contribution in [2.45, 2.75) is 17.8 Å². The zero-order valence-electron chi connectivity index (χ0n) is 3.99. The molecule has 0 fully saturated rings. The number of hydrogen-bond acceptors (Lipinski definition) is 0. The van der Waals surface area contributed by atoms with E-state index in [2.05, 4.69) is 13.8 Å². The van der Waals surface area contributed by atoms with Crippen LogP contribution in [0.15, 0.2) is 0 Å². The summed E-state index contributed by atoms with van der Waals surface area (Å²) in [5.74, 6) is 0.971. The third-order valence-electron chi connectivity index (χ3n) is 0.577. The van der Waals surface area contributed by atoms with E-state index in [0.717, 1.165) is 32.0 Å². The summed E-state index contributed by atoms with van der Waals surface area (Å²) in [5, 5.41) is 0. The van der Waals surface area contributed by atoms with Gasteiger partial charge in [0, 0.05) is 0 Å². The molecule has 27 valence electrons. The van der Waals surface area contributed by atoms with E-state index in [1.54, 1.807) is 0 Å². The van der Waals surface area contributed by atoms with Crippen LogP contribution in [0.2, 0.25) is 3.93 Å². The van der Waals surface area contributed by atoms with Crippen LogP contribution < -0.4 is 0 Å². The van der Waals surface area contributed by atoms with Crippen LogP contribution in [0, 0.1) is 5.92 Å². The first-order valence-electron chi connectivity index (χ1n) is 2.06. The second-order valence-electron chi connectivity index (χ2n) is 1.68. The van der Waals surface area contributed by atoms with Gasteiger partial charge in [-0.25, -0.2) is 0 Å². The molecule has 0 heterocycles. The van der Waals surface area contributed by atoms with Crippen molar-refractivity contribution >= 4 is 0 Å². The SMILES string of the molecule is CC(C)[CH2][Hg]. The third-order valence-corrected chi connectivity index (χ3v) is 5.07. The molecule has 0 nitrogen and oxygen atoms in total. The Balaban J connectivity index is 2.54. The average molecular weight is 258 g/mol. The van der Waals surface area contributed by atoms with Crippen LogP contribution in [0.5, 0.6) is 0 Å². The molecule has 0 atom stereocenters. The van der Waals surface area contributed by atoms with Crippen LogP contribution in [0.3, 0.4) is 0 Å². The summed E-state index contributed by atoms with van der Waals surface area (Å²) in [5.41, 5.74) is 0. The van der Waals surface area contributed by atoms with Crippen LogP contribution in [0.1, 0.15) is 13.8 Å². The van der Waals surface area contributed by atoms with E-state index in [1.807, 2.05) is 0 Å². The Kier molecular flexibility index (Phi) is 3.72. The van der Waals surface area contributed by atoms with Crippen LogP contribution >= 0.6 is 0 Å². The molecule has 0 aliphatic rings. The first-order valence-corrected chi connectivity index (χ1v) is 5.95. The molecule has 0 unspecified atom stereocenters. The molecule has 0 aromatic heterocycles. The van der Waals surface area contributed by atoms with Crippen molar-refractivity contribution in [3.8, 4) is 0 Å². The van der Waals surface area contributed by atoms with Crippen LogP contribution in [-0.2, 0) is 26.1 Å². The van der Waals surface area contributed by atoms with Crippen molar-refractivity contribution in [1.82, 2.24) is 0 Å². The molecule has 5 heavy (non-hydrogen) atoms. The molecule has 0 radical (unpaired) electrons. The molecule has 0 amide bonds. The molecule has 0 aromatic rings. The second-order valence-corrected chi connectivity index (χ2v) is 3.93. The van der Waals surface area contributed by atoms with E-state index < -0.39 is 0 Å². The zero-order valence-corrected chi connectivity index (χ0v) is 9.49. The molecule has 0 rings (SSSR count). The maximum atomic E-state index is 2.27. The summed E-state index contributed by atoms with van der Waals surface area (Å²) >= 11 is 1.04. The minimum atomic E-state index is 0.971. The normalized spacial score (nSPS) is 9.80. The van der Waals surface area contributed by atoms with Gasteiger partial charge < -0.3 is 0 Å². The van der Waals surface area contributed by atoms with Gasteiger partial charge in [0.2, 0.25) is 0 Å². The summed E-state index contributed by atoms with van der Waals surface area (Å²) in [6.45, 7) is 4.54. The van der Waals surface area contributed by atoms with Gasteiger partial charge in [0.15, 0.2) is 0 Å². The van der Waals surface area contributed by atoms with E-state index in [-0.39, 0.29) is 0 Å². The fourth-order valence-electron chi connectivity index (χ4n) is 0. The van der Waals surface area contributed by atoms with Gasteiger partial charge >= 0.3 is 49.8 Å². The molecular weight excluding hydrogens is 249 g/mol. The van der Waals surface area contributed by atoms with Crippen molar-refractivity contribution < 1.29 is 26.1 Å². The van der Waals surface area contributed by atoms with Crippen molar-refractivity contribution in [1.29, 1.82) is 0 Å². The Morgan fingerprint density at radius 2 is 1.80 bits per heavy atom. The molecule has 0 aliphatic carbocycles. The Morgan fingerprint density at radius 1 is 1.60 bits per heavy atom. The monoisotopic (exact) mass is 259 g/mol. The van der Waals surface area contributed by atoms with Gasteiger partial charge in [0.25, 0.3) is 0 Å². The molecule has 0 aliphatic heterocycles. The number of hydrogen-bond donors (Lipinski definition) is 0. The molecule has 1 heteroatoms. The summed E-state index contributed by atoms with van der Waals surface area (Å²) in [6, 6.07) is 0. The Morgan fingerprint density at radius 3 is 1.80 bits per heavy atom. The standard InChI is InChI=1S/C4H9.Hg/c1-4(2)3;/h4H,1H2,2-3H3;. The first-order chi connectivity index (χ1) is 2.27. The predicted octanol–water partition coefficient (Wildman–Crippen LogP) is 1.61. The van der Waals surface area contributed by atoms with Gasteiger partial charge in [0.1, 0.15) is 0 Å². The third kappa shape index (κ3) is 4.94. The topological polar surface area (TPSA) is 0 Å². The van der Waals surface area contributed by atoms with Gasteiger partial charge in [-0.05, 0) is 0 Å². The Hall–Kier alpha value is 0.935. The van der Waals surface area contributed by atoms with Crippen molar-refractivity contribution in [2.24, 2.45) is 5.92 Å². The van der Waals surface area contributed by atoms with Gasteiger partial charge in [-0.15, -0.1) is 0 Å². The average Bonchev–Trinajstić information content (AvgIpc) is 1.38. The van der Waals surface area contributed by atoms with Crippen molar-refractivity contribution in [3.05, 3.63) is 0 Å². The van der Waals surface area contributed by atoms with Gasteiger partial charge in [-0.2, -0.15) is 0 Å². The Labute approximate surface area is 49.9 Å². The molecule has 0 N–H and O–H groups in total.